The van der Waals surface area contributed by atoms with Crippen LogP contribution in [-0.4, -0.2) is 130 Å². The van der Waals surface area contributed by atoms with E-state index in [9.17, 15) is 39.8 Å². The topological polar surface area (TPSA) is 204 Å². The summed E-state index contributed by atoms with van der Waals surface area (Å²) in [5, 5.41) is 29.4. The van der Waals surface area contributed by atoms with Crippen LogP contribution in [0.25, 0.3) is 18.2 Å². The number of nitriles is 3. The number of urea groups is 2. The summed E-state index contributed by atoms with van der Waals surface area (Å²) < 4.78 is 16.2. The van der Waals surface area contributed by atoms with Crippen LogP contribution in [0.5, 0.6) is 0 Å². The number of hydrogen-bond acceptors (Lipinski definition) is 14. The lowest BCUT2D eigenvalue weighted by Gasteiger charge is -2.40. The molecular weight excluding hydrogens is 867 g/mol. The van der Waals surface area contributed by atoms with Crippen molar-refractivity contribution in [2.45, 2.75) is 41.5 Å². The van der Waals surface area contributed by atoms with E-state index in [2.05, 4.69) is 14.7 Å². The number of benzene rings is 3. The third kappa shape index (κ3) is 14.4. The number of ether oxygens (including phenoxy) is 3. The molecule has 0 saturated carbocycles. The molecule has 0 spiro atoms. The smallest absolute Gasteiger partial charge is 0.348 e. The maximum atomic E-state index is 13.8. The van der Waals surface area contributed by atoms with Gasteiger partial charge < -0.3 is 38.7 Å². The van der Waals surface area contributed by atoms with Crippen LogP contribution >= 0.6 is 0 Å². The molecule has 0 aliphatic carbocycles. The van der Waals surface area contributed by atoms with Gasteiger partial charge in [0.2, 0.25) is 0 Å². The average molecular weight is 926 g/mol. The second-order valence-corrected chi connectivity index (χ2v) is 15.1. The van der Waals surface area contributed by atoms with Crippen LogP contribution in [0.4, 0.5) is 26.7 Å². The summed E-state index contributed by atoms with van der Waals surface area (Å²) in [6, 6.07) is 26.0. The lowest BCUT2D eigenvalue weighted by molar-refractivity contribution is -0.139. The molecule has 4 rings (SSSR count). The van der Waals surface area contributed by atoms with E-state index in [1.807, 2.05) is 96.1 Å². The standard InChI is InChI=1S/C51H59N9O8/c1-7-55(8-2)44-19-13-38(14-20-44)31-41(34-52)47(61)66-28-25-58-37-59(26-29-67-48(62)42(35-53)32-39-15-21-45(22-16-39)56(9-3)10-4)51(65)60(50(58)64)27-30-68-49(63)43(36-54)33-40-17-23-46(24-18-40)57(11-5)12-6/h13-24,31-33H,7-12,25-30,37H2,1-6H3/b41-31+,42-32+,43-33+. The molecule has 68 heavy (non-hydrogen) atoms. The minimum absolute atomic E-state index is 0.218. The van der Waals surface area contributed by atoms with Gasteiger partial charge in [0.25, 0.3) is 0 Å². The van der Waals surface area contributed by atoms with Gasteiger partial charge in [0.15, 0.2) is 0 Å². The fraction of sp³-hybridized carbons (Fsp3) is 0.373. The third-order valence-electron chi connectivity index (χ3n) is 11.1. The van der Waals surface area contributed by atoms with Gasteiger partial charge >= 0.3 is 30.0 Å². The number of imide groups is 1. The molecule has 4 amide bonds. The van der Waals surface area contributed by atoms with Crippen LogP contribution in [-0.2, 0) is 28.6 Å². The van der Waals surface area contributed by atoms with Crippen LogP contribution in [0, 0.1) is 34.0 Å². The molecule has 0 N–H and O–H groups in total. The predicted molar refractivity (Wildman–Crippen MR) is 259 cm³/mol. The molecule has 0 unspecified atom stereocenters. The molecule has 0 radical (unpaired) electrons. The number of amides is 4. The maximum absolute atomic E-state index is 13.8. The van der Waals surface area contributed by atoms with Gasteiger partial charge in [-0.25, -0.2) is 28.9 Å². The Kier molecular flexibility index (Phi) is 20.7. The summed E-state index contributed by atoms with van der Waals surface area (Å²) in [6.45, 7) is 14.8. The molecule has 3 aromatic carbocycles. The number of nitrogens with zero attached hydrogens (tertiary/aromatic N) is 9. The largest absolute Gasteiger partial charge is 0.460 e. The van der Waals surface area contributed by atoms with Crippen LogP contribution in [0.3, 0.4) is 0 Å². The highest BCUT2D eigenvalue weighted by Gasteiger charge is 2.37. The monoisotopic (exact) mass is 925 g/mol. The molecule has 3 aromatic rings. The molecule has 0 atom stereocenters. The molecule has 0 bridgehead atoms. The van der Waals surface area contributed by atoms with Crippen LogP contribution < -0.4 is 14.7 Å². The fourth-order valence-electron chi connectivity index (χ4n) is 7.26. The molecule has 1 heterocycles. The first-order valence-corrected chi connectivity index (χ1v) is 22.7. The molecule has 356 valence electrons. The number of esters is 3. The summed E-state index contributed by atoms with van der Waals surface area (Å²) in [5.74, 6) is -2.81. The molecule has 17 nitrogen and oxygen atoms in total. The van der Waals surface area contributed by atoms with E-state index in [4.69, 9.17) is 14.2 Å². The molecular formula is C51H59N9O8. The van der Waals surface area contributed by atoms with E-state index in [-0.39, 0.29) is 49.7 Å². The first-order valence-electron chi connectivity index (χ1n) is 22.7. The molecule has 1 aliphatic rings. The Bertz CT molecular complexity index is 2320. The minimum atomic E-state index is -0.966. The summed E-state index contributed by atoms with van der Waals surface area (Å²) in [5.41, 5.74) is 3.94. The number of rotatable bonds is 24. The van der Waals surface area contributed by atoms with Gasteiger partial charge in [0.1, 0.15) is 54.7 Å². The summed E-state index contributed by atoms with van der Waals surface area (Å²) in [6.07, 6.45) is 4.18. The van der Waals surface area contributed by atoms with E-state index in [0.29, 0.717) is 16.7 Å². The van der Waals surface area contributed by atoms with Crippen molar-refractivity contribution in [3.8, 4) is 18.2 Å². The summed E-state index contributed by atoms with van der Waals surface area (Å²) in [7, 11) is 0. The van der Waals surface area contributed by atoms with Gasteiger partial charge in [0.05, 0.1) is 26.3 Å². The van der Waals surface area contributed by atoms with Crippen LogP contribution in [0.15, 0.2) is 89.5 Å². The normalized spacial score (nSPS) is 13.0. The van der Waals surface area contributed by atoms with Gasteiger partial charge in [-0.3, -0.25) is 0 Å². The summed E-state index contributed by atoms with van der Waals surface area (Å²) >= 11 is 0. The molecule has 1 fully saturated rings. The highest BCUT2D eigenvalue weighted by Crippen LogP contribution is 2.21. The van der Waals surface area contributed by atoms with Gasteiger partial charge in [-0.1, -0.05) is 36.4 Å². The number of anilines is 3. The highest BCUT2D eigenvalue weighted by atomic mass is 16.5. The van der Waals surface area contributed by atoms with Crippen LogP contribution in [0.2, 0.25) is 0 Å². The zero-order valence-corrected chi connectivity index (χ0v) is 39.6. The number of carbonyl (C=O) groups excluding carboxylic acids is 5. The predicted octanol–water partition coefficient (Wildman–Crippen LogP) is 7.09. The minimum Gasteiger partial charge on any atom is -0.460 e. The van der Waals surface area contributed by atoms with Crippen molar-refractivity contribution in [3.63, 3.8) is 0 Å². The Morgan fingerprint density at radius 2 is 0.750 bits per heavy atom. The van der Waals surface area contributed by atoms with E-state index in [1.165, 1.54) is 28.0 Å². The van der Waals surface area contributed by atoms with Crippen molar-refractivity contribution in [2.24, 2.45) is 0 Å². The third-order valence-corrected chi connectivity index (χ3v) is 11.1. The Balaban J connectivity index is 1.46. The van der Waals surface area contributed by atoms with Crippen molar-refractivity contribution in [3.05, 3.63) is 106 Å². The SMILES string of the molecule is CCN(CC)c1ccc(/C=C(\C#N)C(=O)OCCN2CN(CCOC(=O)/C(C#N)=C/c3ccc(N(CC)CC)cc3)C(=O)N(CCOC(=O)/C(C#N)=C/c3ccc(N(CC)CC)cc3)C2=O)cc1. The first kappa shape index (κ1) is 52.5. The molecule has 17 heteroatoms. The molecule has 0 aromatic heterocycles. The van der Waals surface area contributed by atoms with Crippen molar-refractivity contribution in [1.29, 1.82) is 15.8 Å². The zero-order chi connectivity index (χ0) is 49.6. The maximum Gasteiger partial charge on any atom is 0.348 e. The first-order chi connectivity index (χ1) is 32.9. The lowest BCUT2D eigenvalue weighted by Crippen LogP contribution is -2.62. The Hall–Kier alpha value is -8.10. The fourth-order valence-corrected chi connectivity index (χ4v) is 7.26. The lowest BCUT2D eigenvalue weighted by atomic mass is 10.1. The summed E-state index contributed by atoms with van der Waals surface area (Å²) in [4.78, 5) is 76.3. The van der Waals surface area contributed by atoms with Gasteiger partial charge in [-0.05, 0) is 113 Å². The molecule has 1 saturated heterocycles. The second-order valence-electron chi connectivity index (χ2n) is 15.1. The Labute approximate surface area is 398 Å². The van der Waals surface area contributed by atoms with E-state index < -0.39 is 43.1 Å². The van der Waals surface area contributed by atoms with Gasteiger partial charge in [-0.15, -0.1) is 0 Å². The van der Waals surface area contributed by atoms with E-state index in [0.717, 1.165) is 61.2 Å². The van der Waals surface area contributed by atoms with E-state index >= 15 is 0 Å². The van der Waals surface area contributed by atoms with Gasteiger partial charge in [-0.2, -0.15) is 15.8 Å². The van der Waals surface area contributed by atoms with Crippen molar-refractivity contribution in [2.75, 3.05) is 100 Å². The Morgan fingerprint density at radius 1 is 0.485 bits per heavy atom. The van der Waals surface area contributed by atoms with Gasteiger partial charge in [0, 0.05) is 56.3 Å². The number of hydrogen-bond donors (Lipinski definition) is 0. The van der Waals surface area contributed by atoms with Crippen molar-refractivity contribution >= 4 is 65.3 Å². The van der Waals surface area contributed by atoms with Crippen molar-refractivity contribution in [1.82, 2.24) is 14.7 Å². The molecule has 1 aliphatic heterocycles. The second kappa shape index (κ2) is 26.8. The zero-order valence-electron chi connectivity index (χ0n) is 39.6. The van der Waals surface area contributed by atoms with Crippen LogP contribution in [0.1, 0.15) is 58.2 Å². The van der Waals surface area contributed by atoms with Crippen molar-refractivity contribution < 1.29 is 38.2 Å². The highest BCUT2D eigenvalue weighted by molar-refractivity contribution is 6.00. The Morgan fingerprint density at radius 3 is 1.00 bits per heavy atom. The quantitative estimate of drug-likeness (QED) is 0.0381. The van der Waals surface area contributed by atoms with E-state index in [1.54, 1.807) is 36.4 Å². The average Bonchev–Trinajstić information content (AvgIpc) is 3.36. The number of carbonyl (C=O) groups is 5.